The summed E-state index contributed by atoms with van der Waals surface area (Å²) >= 11 is 3.34. The molecule has 0 radical (unpaired) electrons. The van der Waals surface area contributed by atoms with Gasteiger partial charge in [0.2, 0.25) is 5.91 Å². The largest absolute Gasteiger partial charge is 0.370 e. The Labute approximate surface area is 63.9 Å². The van der Waals surface area contributed by atoms with Gasteiger partial charge in [-0.1, -0.05) is 29.8 Å². The number of amides is 1. The van der Waals surface area contributed by atoms with Crippen LogP contribution in [0.15, 0.2) is 0 Å². The zero-order chi connectivity index (χ0) is 7.44. The first-order chi connectivity index (χ1) is 4.04. The number of hydrogen-bond donors (Lipinski definition) is 1. The highest BCUT2D eigenvalue weighted by molar-refractivity contribution is 9.09. The van der Waals surface area contributed by atoms with Gasteiger partial charge in [-0.2, -0.15) is 0 Å². The van der Waals surface area contributed by atoms with E-state index in [4.69, 9.17) is 5.73 Å². The molecular weight excluding hydrogens is 182 g/mol. The lowest BCUT2D eigenvalue weighted by atomic mass is 10.1. The SMILES string of the molecule is CC(C)C(Br)CC(N)=O. The summed E-state index contributed by atoms with van der Waals surface area (Å²) in [7, 11) is 0. The molecule has 9 heavy (non-hydrogen) atoms. The summed E-state index contributed by atoms with van der Waals surface area (Å²) in [5, 5.41) is 0. The van der Waals surface area contributed by atoms with Crippen molar-refractivity contribution in [2.45, 2.75) is 25.1 Å². The van der Waals surface area contributed by atoms with E-state index in [9.17, 15) is 4.79 Å². The van der Waals surface area contributed by atoms with Gasteiger partial charge in [0.15, 0.2) is 0 Å². The van der Waals surface area contributed by atoms with Gasteiger partial charge in [0.05, 0.1) is 0 Å². The molecule has 0 aromatic rings. The monoisotopic (exact) mass is 193 g/mol. The molecule has 0 bridgehead atoms. The number of carbonyl (C=O) groups excluding carboxylic acids is 1. The Kier molecular flexibility index (Phi) is 3.86. The average Bonchev–Trinajstić information content (AvgIpc) is 1.63. The predicted molar refractivity (Wildman–Crippen MR) is 41.4 cm³/mol. The van der Waals surface area contributed by atoms with Crippen molar-refractivity contribution in [3.63, 3.8) is 0 Å². The summed E-state index contributed by atoms with van der Waals surface area (Å²) in [6, 6.07) is 0. The molecule has 0 spiro atoms. The summed E-state index contributed by atoms with van der Waals surface area (Å²) in [6.45, 7) is 4.09. The fourth-order valence-electron chi connectivity index (χ4n) is 0.428. The Morgan fingerprint density at radius 1 is 1.67 bits per heavy atom. The molecule has 0 aromatic carbocycles. The second kappa shape index (κ2) is 3.88. The van der Waals surface area contributed by atoms with Crippen molar-refractivity contribution in [2.24, 2.45) is 11.7 Å². The highest BCUT2D eigenvalue weighted by Crippen LogP contribution is 2.14. The van der Waals surface area contributed by atoms with E-state index in [-0.39, 0.29) is 10.7 Å². The molecule has 54 valence electrons. The zero-order valence-electron chi connectivity index (χ0n) is 5.73. The van der Waals surface area contributed by atoms with E-state index in [1.165, 1.54) is 0 Å². The van der Waals surface area contributed by atoms with Crippen molar-refractivity contribution >= 4 is 21.8 Å². The second-order valence-electron chi connectivity index (χ2n) is 2.43. The summed E-state index contributed by atoms with van der Waals surface area (Å²) in [5.41, 5.74) is 4.96. The Morgan fingerprint density at radius 2 is 2.11 bits per heavy atom. The first-order valence-electron chi connectivity index (χ1n) is 2.96. The Morgan fingerprint density at radius 3 is 2.22 bits per heavy atom. The topological polar surface area (TPSA) is 43.1 Å². The molecule has 3 heteroatoms. The van der Waals surface area contributed by atoms with Crippen LogP contribution in [0.3, 0.4) is 0 Å². The van der Waals surface area contributed by atoms with Gasteiger partial charge in [0, 0.05) is 11.2 Å². The van der Waals surface area contributed by atoms with Crippen LogP contribution in [-0.4, -0.2) is 10.7 Å². The van der Waals surface area contributed by atoms with E-state index in [0.29, 0.717) is 12.3 Å². The lowest BCUT2D eigenvalue weighted by Gasteiger charge is -2.09. The summed E-state index contributed by atoms with van der Waals surface area (Å²) in [5.74, 6) is 0.225. The van der Waals surface area contributed by atoms with E-state index < -0.39 is 0 Å². The number of nitrogens with two attached hydrogens (primary N) is 1. The number of alkyl halides is 1. The van der Waals surface area contributed by atoms with Crippen molar-refractivity contribution in [3.8, 4) is 0 Å². The number of hydrogen-bond acceptors (Lipinski definition) is 1. The van der Waals surface area contributed by atoms with Crippen LogP contribution < -0.4 is 5.73 Å². The van der Waals surface area contributed by atoms with Crippen molar-refractivity contribution in [3.05, 3.63) is 0 Å². The van der Waals surface area contributed by atoms with Crippen LogP contribution in [0.4, 0.5) is 0 Å². The predicted octanol–water partition coefficient (Wildman–Crippen LogP) is 1.28. The minimum Gasteiger partial charge on any atom is -0.370 e. The maximum atomic E-state index is 10.3. The second-order valence-corrected chi connectivity index (χ2v) is 3.61. The lowest BCUT2D eigenvalue weighted by molar-refractivity contribution is -0.118. The Hall–Kier alpha value is -0.0500. The third-order valence-corrected chi connectivity index (χ3v) is 2.50. The highest BCUT2D eigenvalue weighted by Gasteiger charge is 2.10. The fraction of sp³-hybridized carbons (Fsp3) is 0.833. The quantitative estimate of drug-likeness (QED) is 0.675. The van der Waals surface area contributed by atoms with Crippen LogP contribution in [0.25, 0.3) is 0 Å². The molecule has 0 fully saturated rings. The molecule has 0 aromatic heterocycles. The average molecular weight is 194 g/mol. The third-order valence-electron chi connectivity index (χ3n) is 1.12. The van der Waals surface area contributed by atoms with Crippen LogP contribution in [-0.2, 0) is 4.79 Å². The molecule has 0 aliphatic heterocycles. The van der Waals surface area contributed by atoms with Gasteiger partial charge in [-0.25, -0.2) is 0 Å². The van der Waals surface area contributed by atoms with Gasteiger partial charge >= 0.3 is 0 Å². The van der Waals surface area contributed by atoms with Gasteiger partial charge in [-0.3, -0.25) is 4.79 Å². The molecule has 0 aliphatic rings. The normalized spacial score (nSPS) is 13.8. The molecular formula is C6H12BrNO. The van der Waals surface area contributed by atoms with Crippen LogP contribution in [0.2, 0.25) is 0 Å². The first-order valence-corrected chi connectivity index (χ1v) is 3.88. The Balaban J connectivity index is 3.50. The van der Waals surface area contributed by atoms with Gasteiger partial charge in [0.1, 0.15) is 0 Å². The van der Waals surface area contributed by atoms with Crippen molar-refractivity contribution < 1.29 is 4.79 Å². The zero-order valence-corrected chi connectivity index (χ0v) is 7.31. The molecule has 0 saturated carbocycles. The van der Waals surface area contributed by atoms with E-state index in [2.05, 4.69) is 15.9 Å². The van der Waals surface area contributed by atoms with Gasteiger partial charge in [-0.05, 0) is 5.92 Å². The van der Waals surface area contributed by atoms with Crippen LogP contribution >= 0.6 is 15.9 Å². The minimum absolute atomic E-state index is 0.231. The van der Waals surface area contributed by atoms with Gasteiger partial charge in [0.25, 0.3) is 0 Å². The molecule has 2 nitrogen and oxygen atoms in total. The van der Waals surface area contributed by atoms with E-state index in [1.807, 2.05) is 13.8 Å². The maximum absolute atomic E-state index is 10.3. The summed E-state index contributed by atoms with van der Waals surface area (Å²) < 4.78 is 0. The van der Waals surface area contributed by atoms with Crippen LogP contribution in [0.5, 0.6) is 0 Å². The molecule has 1 atom stereocenters. The molecule has 1 amide bonds. The van der Waals surface area contributed by atoms with Crippen LogP contribution in [0.1, 0.15) is 20.3 Å². The Bertz CT molecular complexity index is 103. The smallest absolute Gasteiger partial charge is 0.218 e. The molecule has 0 rings (SSSR count). The van der Waals surface area contributed by atoms with Gasteiger partial charge in [-0.15, -0.1) is 0 Å². The highest BCUT2D eigenvalue weighted by atomic mass is 79.9. The third kappa shape index (κ3) is 4.45. The fourth-order valence-corrected chi connectivity index (χ4v) is 0.747. The summed E-state index contributed by atoms with van der Waals surface area (Å²) in [4.78, 5) is 10.5. The molecule has 1 unspecified atom stereocenters. The first kappa shape index (κ1) is 8.95. The number of halogens is 1. The summed E-state index contributed by atoms with van der Waals surface area (Å²) in [6.07, 6.45) is 0.428. The molecule has 0 heterocycles. The number of primary amides is 1. The van der Waals surface area contributed by atoms with Crippen molar-refractivity contribution in [1.29, 1.82) is 0 Å². The van der Waals surface area contributed by atoms with E-state index in [1.54, 1.807) is 0 Å². The van der Waals surface area contributed by atoms with Crippen molar-refractivity contribution in [1.82, 2.24) is 0 Å². The lowest BCUT2D eigenvalue weighted by Crippen LogP contribution is -2.19. The van der Waals surface area contributed by atoms with Crippen molar-refractivity contribution in [2.75, 3.05) is 0 Å². The molecule has 0 saturated heterocycles. The van der Waals surface area contributed by atoms with E-state index in [0.717, 1.165) is 0 Å². The number of carbonyl (C=O) groups is 1. The maximum Gasteiger partial charge on any atom is 0.218 e. The molecule has 0 aliphatic carbocycles. The standard InChI is InChI=1S/C6H12BrNO/c1-4(2)5(7)3-6(8)9/h4-5H,3H2,1-2H3,(H2,8,9). The minimum atomic E-state index is -0.245. The van der Waals surface area contributed by atoms with E-state index >= 15 is 0 Å². The van der Waals surface area contributed by atoms with Crippen LogP contribution in [0, 0.1) is 5.92 Å². The number of rotatable bonds is 3. The van der Waals surface area contributed by atoms with Gasteiger partial charge < -0.3 is 5.73 Å². The molecule has 2 N–H and O–H groups in total.